The highest BCUT2D eigenvalue weighted by Crippen LogP contribution is 2.65. The number of hydrogen-bond donors (Lipinski definition) is 3. The number of ketones is 2. The molecule has 4 aliphatic rings. The molecule has 224 valence electrons. The van der Waals surface area contributed by atoms with Crippen molar-refractivity contribution in [1.29, 1.82) is 0 Å². The number of nitrogens with zero attached hydrogens (tertiary/aromatic N) is 1. The minimum atomic E-state index is -4.61. The molecule has 0 aromatic rings. The Kier molecular flexibility index (Phi) is 7.58. The van der Waals surface area contributed by atoms with Gasteiger partial charge in [0.1, 0.15) is 17.6 Å². The van der Waals surface area contributed by atoms with Crippen molar-refractivity contribution in [2.45, 2.75) is 110 Å². The van der Waals surface area contributed by atoms with Crippen LogP contribution in [0.3, 0.4) is 0 Å². The summed E-state index contributed by atoms with van der Waals surface area (Å²) >= 11 is 0. The predicted molar refractivity (Wildman–Crippen MR) is 139 cm³/mol. The lowest BCUT2D eigenvalue weighted by Gasteiger charge is -2.38. The molecule has 1 heterocycles. The number of Topliss-reactive ketones (excluding diaryl/α,β-unsaturated/α-hetero) is 2. The van der Waals surface area contributed by atoms with Crippen molar-refractivity contribution in [2.75, 3.05) is 6.54 Å². The average Bonchev–Trinajstić information content (AvgIpc) is 3.61. The summed E-state index contributed by atoms with van der Waals surface area (Å²) in [4.78, 5) is 66.3. The Labute approximate surface area is 232 Å². The Hall–Kier alpha value is -2.66. The number of amides is 4. The first-order valence-electron chi connectivity index (χ1n) is 14.1. The Bertz CT molecular complexity index is 1090. The molecule has 9 nitrogen and oxygen atoms in total. The van der Waals surface area contributed by atoms with Crippen LogP contribution in [0.2, 0.25) is 0 Å². The summed E-state index contributed by atoms with van der Waals surface area (Å²) in [6.45, 7) is 10.5. The summed E-state index contributed by atoms with van der Waals surface area (Å²) in [5.41, 5.74) is -3.41. The van der Waals surface area contributed by atoms with E-state index >= 15 is 0 Å². The second-order valence-electron chi connectivity index (χ2n) is 13.9. The van der Waals surface area contributed by atoms with Gasteiger partial charge in [0, 0.05) is 13.5 Å². The first-order valence-corrected chi connectivity index (χ1v) is 14.1. The van der Waals surface area contributed by atoms with Gasteiger partial charge in [-0.05, 0) is 47.8 Å². The summed E-state index contributed by atoms with van der Waals surface area (Å²) in [5, 5.41) is 7.22. The lowest BCUT2D eigenvalue weighted by atomic mass is 9.79. The van der Waals surface area contributed by atoms with E-state index < -0.39 is 64.7 Å². The van der Waals surface area contributed by atoms with Gasteiger partial charge in [-0.2, -0.15) is 13.2 Å². The van der Waals surface area contributed by atoms with Crippen LogP contribution in [0.25, 0.3) is 0 Å². The van der Waals surface area contributed by atoms with Crippen LogP contribution in [0, 0.1) is 28.6 Å². The van der Waals surface area contributed by atoms with Crippen LogP contribution in [0.15, 0.2) is 0 Å². The number of alkyl halides is 3. The van der Waals surface area contributed by atoms with Crippen molar-refractivity contribution in [2.24, 2.45) is 28.6 Å². The fourth-order valence-electron chi connectivity index (χ4n) is 6.41. The van der Waals surface area contributed by atoms with E-state index in [0.29, 0.717) is 6.42 Å². The number of halogens is 3. The minimum Gasteiger partial charge on any atom is -0.344 e. The van der Waals surface area contributed by atoms with Crippen LogP contribution in [0.1, 0.15) is 80.1 Å². The van der Waals surface area contributed by atoms with E-state index in [1.54, 1.807) is 20.8 Å². The Morgan fingerprint density at radius 2 is 1.60 bits per heavy atom. The number of nitrogens with one attached hydrogen (secondary N) is 3. The molecule has 2 unspecified atom stereocenters. The Balaban J connectivity index is 1.53. The van der Waals surface area contributed by atoms with Gasteiger partial charge in [0.05, 0.1) is 6.04 Å². The van der Waals surface area contributed by atoms with Gasteiger partial charge >= 0.3 is 12.2 Å². The van der Waals surface area contributed by atoms with Gasteiger partial charge in [-0.3, -0.25) is 19.2 Å². The van der Waals surface area contributed by atoms with Gasteiger partial charge < -0.3 is 20.9 Å². The highest BCUT2D eigenvalue weighted by Gasteiger charge is 2.70. The number of rotatable bonds is 9. The smallest absolute Gasteiger partial charge is 0.344 e. The lowest BCUT2D eigenvalue weighted by molar-refractivity contribution is -0.162. The molecule has 4 rings (SSSR count). The number of carbonyl (C=O) groups excluding carboxylic acids is 5. The number of urea groups is 1. The molecule has 0 aromatic carbocycles. The molecule has 0 bridgehead atoms. The van der Waals surface area contributed by atoms with Crippen LogP contribution in [0.5, 0.6) is 0 Å². The fourth-order valence-corrected chi connectivity index (χ4v) is 6.41. The maximum atomic E-state index is 13.9. The van der Waals surface area contributed by atoms with Crippen LogP contribution in [-0.4, -0.2) is 70.7 Å². The van der Waals surface area contributed by atoms with Crippen molar-refractivity contribution in [1.82, 2.24) is 20.9 Å². The fraction of sp³-hybridized carbons (Fsp3) is 0.821. The third-order valence-electron chi connectivity index (χ3n) is 9.57. The zero-order valence-electron chi connectivity index (χ0n) is 24.0. The molecule has 0 spiro atoms. The van der Waals surface area contributed by atoms with Crippen molar-refractivity contribution >= 4 is 29.4 Å². The van der Waals surface area contributed by atoms with Crippen LogP contribution < -0.4 is 16.0 Å². The van der Waals surface area contributed by atoms with E-state index in [9.17, 15) is 37.1 Å². The number of likely N-dealkylation sites (tertiary alicyclic amines) is 1. The molecular weight excluding hydrogens is 529 g/mol. The zero-order chi connectivity index (χ0) is 30.0. The first-order chi connectivity index (χ1) is 18.3. The largest absolute Gasteiger partial charge is 0.411 e. The quantitative estimate of drug-likeness (QED) is 0.368. The maximum absolute atomic E-state index is 13.9. The van der Waals surface area contributed by atoms with E-state index in [0.717, 1.165) is 19.3 Å². The molecule has 5 atom stereocenters. The summed E-state index contributed by atoms with van der Waals surface area (Å²) < 4.78 is 40.2. The lowest BCUT2D eigenvalue weighted by Crippen LogP contribution is -2.62. The number of piperidine rings is 1. The molecule has 4 amide bonds. The summed E-state index contributed by atoms with van der Waals surface area (Å²) in [6, 6.07) is -4.22. The van der Waals surface area contributed by atoms with Gasteiger partial charge in [-0.25, -0.2) is 4.79 Å². The highest BCUT2D eigenvalue weighted by atomic mass is 19.4. The molecule has 0 radical (unpaired) electrons. The van der Waals surface area contributed by atoms with Crippen molar-refractivity contribution in [3.05, 3.63) is 0 Å². The molecule has 0 aromatic heterocycles. The average molecular weight is 571 g/mol. The normalized spacial score (nSPS) is 27.9. The summed E-state index contributed by atoms with van der Waals surface area (Å²) in [5.74, 6) is -2.37. The minimum absolute atomic E-state index is 0.00944. The van der Waals surface area contributed by atoms with Gasteiger partial charge in [0.15, 0.2) is 5.78 Å². The second-order valence-corrected chi connectivity index (χ2v) is 13.9. The van der Waals surface area contributed by atoms with Crippen LogP contribution in [0.4, 0.5) is 18.0 Å². The standard InChI is InChI=1S/C28H41F3N4O5/c1-14(36)20(37)17(12-15-8-7-9-15)32-22(38)19-18-16(26(18,5)6)13-35(19)23(39)21(25(2,3)4)33-24(40)34-27(10-11-27)28(29,30)31/h15-19,21H,7-13H2,1-6H3,(H,32,38)(H2,33,34,40)/t16?,17-,18?,19-,21+/m0/s1. The Morgan fingerprint density at radius 1 is 1.00 bits per heavy atom. The summed E-state index contributed by atoms with van der Waals surface area (Å²) in [7, 11) is 0. The van der Waals surface area contributed by atoms with Crippen molar-refractivity contribution in [3.8, 4) is 0 Å². The molecule has 1 saturated heterocycles. The molecule has 3 N–H and O–H groups in total. The maximum Gasteiger partial charge on any atom is 0.411 e. The molecule has 3 aliphatic carbocycles. The molecule has 4 fully saturated rings. The molecule has 1 aliphatic heterocycles. The monoisotopic (exact) mass is 570 g/mol. The predicted octanol–water partition coefficient (Wildman–Crippen LogP) is 3.11. The Morgan fingerprint density at radius 3 is 2.05 bits per heavy atom. The number of hydrogen-bond acceptors (Lipinski definition) is 5. The topological polar surface area (TPSA) is 125 Å². The molecule has 12 heteroatoms. The van der Waals surface area contributed by atoms with Crippen molar-refractivity contribution in [3.63, 3.8) is 0 Å². The van der Waals surface area contributed by atoms with Gasteiger partial charge in [0.2, 0.25) is 17.6 Å². The van der Waals surface area contributed by atoms with Gasteiger partial charge in [-0.1, -0.05) is 53.9 Å². The first kappa shape index (κ1) is 30.3. The SMILES string of the molecule is CC(=O)C(=O)[C@H](CC1CCC1)NC(=O)[C@@H]1C2C(CN1C(=O)[C@@H](NC(=O)NC1(C(F)(F)F)CC1)C(C)(C)C)C2(C)C. The van der Waals surface area contributed by atoms with E-state index in [1.807, 2.05) is 19.2 Å². The molecule has 40 heavy (non-hydrogen) atoms. The summed E-state index contributed by atoms with van der Waals surface area (Å²) in [6.07, 6.45) is -1.85. The number of carbonyl (C=O) groups is 5. The third-order valence-corrected chi connectivity index (χ3v) is 9.57. The second kappa shape index (κ2) is 10.0. The zero-order valence-corrected chi connectivity index (χ0v) is 24.0. The highest BCUT2D eigenvalue weighted by molar-refractivity contribution is 6.38. The third kappa shape index (κ3) is 5.59. The van der Waals surface area contributed by atoms with Gasteiger partial charge in [0.25, 0.3) is 0 Å². The van der Waals surface area contributed by atoms with E-state index in [-0.39, 0.29) is 42.6 Å². The van der Waals surface area contributed by atoms with E-state index in [1.165, 1.54) is 11.8 Å². The molecular formula is C28H41F3N4O5. The van der Waals surface area contributed by atoms with Gasteiger partial charge in [-0.15, -0.1) is 0 Å². The van der Waals surface area contributed by atoms with E-state index in [4.69, 9.17) is 0 Å². The van der Waals surface area contributed by atoms with E-state index in [2.05, 4.69) is 10.6 Å². The molecule has 3 saturated carbocycles. The van der Waals surface area contributed by atoms with Crippen molar-refractivity contribution < 1.29 is 37.1 Å². The number of fused-ring (bicyclic) bond motifs is 1. The van der Waals surface area contributed by atoms with Crippen LogP contribution in [-0.2, 0) is 19.2 Å². The van der Waals surface area contributed by atoms with Crippen LogP contribution >= 0.6 is 0 Å².